The van der Waals surface area contributed by atoms with E-state index in [1.54, 1.807) is 0 Å². The first-order valence-corrected chi connectivity index (χ1v) is 6.83. The molecule has 1 unspecified atom stereocenters. The third-order valence-corrected chi connectivity index (χ3v) is 3.26. The predicted octanol–water partition coefficient (Wildman–Crippen LogP) is 2.76. The second kappa shape index (κ2) is 6.20. The molecule has 0 amide bonds. The maximum atomic E-state index is 12.0. The largest absolute Gasteiger partial charge is 0.511 e. The summed E-state index contributed by atoms with van der Waals surface area (Å²) < 4.78 is 0. The van der Waals surface area contributed by atoms with E-state index in [9.17, 15) is 14.7 Å². The molecule has 0 radical (unpaired) electrons. The second-order valence-corrected chi connectivity index (χ2v) is 6.56. The summed E-state index contributed by atoms with van der Waals surface area (Å²) in [5.41, 5.74) is -0.109. The first-order chi connectivity index (χ1) is 9.12. The molecule has 20 heavy (non-hydrogen) atoms. The highest BCUT2D eigenvalue weighted by atomic mass is 16.4. The molecule has 0 aromatic heterocycles. The molecule has 0 heterocycles. The minimum Gasteiger partial charge on any atom is -0.511 e. The molecule has 0 aromatic carbocycles. The van der Waals surface area contributed by atoms with E-state index in [0.717, 1.165) is 0 Å². The van der Waals surface area contributed by atoms with Gasteiger partial charge in [-0.1, -0.05) is 27.7 Å². The molecule has 0 spiro atoms. The topological polar surface area (TPSA) is 87.0 Å². The fourth-order valence-corrected chi connectivity index (χ4v) is 2.28. The van der Waals surface area contributed by atoms with Gasteiger partial charge >= 0.3 is 5.97 Å². The van der Waals surface area contributed by atoms with Crippen molar-refractivity contribution in [3.63, 3.8) is 0 Å². The Hall–Kier alpha value is -1.65. The lowest BCUT2D eigenvalue weighted by atomic mass is 9.77. The molecule has 112 valence electrons. The van der Waals surface area contributed by atoms with Crippen LogP contribution in [0.2, 0.25) is 0 Å². The summed E-state index contributed by atoms with van der Waals surface area (Å²) in [6.07, 6.45) is 2.37. The zero-order valence-corrected chi connectivity index (χ0v) is 12.5. The van der Waals surface area contributed by atoms with Gasteiger partial charge in [-0.25, -0.2) is 4.79 Å². The lowest BCUT2D eigenvalue weighted by Crippen LogP contribution is -2.27. The van der Waals surface area contributed by atoms with Crippen LogP contribution in [0, 0.1) is 11.3 Å². The number of aliphatic carboxylic acids is 1. The van der Waals surface area contributed by atoms with Crippen LogP contribution in [0.25, 0.3) is 0 Å². The molecular weight excluding hydrogens is 258 g/mol. The van der Waals surface area contributed by atoms with E-state index >= 15 is 0 Å². The van der Waals surface area contributed by atoms with Crippen LogP contribution in [0.3, 0.4) is 0 Å². The van der Waals surface area contributed by atoms with Crippen LogP contribution in [-0.2, 0) is 9.59 Å². The van der Waals surface area contributed by atoms with Gasteiger partial charge in [-0.05, 0) is 17.8 Å². The first kappa shape index (κ1) is 16.4. The van der Waals surface area contributed by atoms with Crippen molar-refractivity contribution in [2.45, 2.75) is 53.0 Å². The number of Topliss-reactive ketones (excluding diaryl/α,β-unsaturated/α-hetero) is 1. The number of carboxylic acids is 1. The number of allylic oxidation sites excluding steroid dienone is 2. The number of rotatable bonds is 5. The number of nitrogens with zero attached hydrogens (tertiary/aromatic N) is 1. The van der Waals surface area contributed by atoms with Crippen molar-refractivity contribution in [2.24, 2.45) is 16.3 Å². The van der Waals surface area contributed by atoms with Gasteiger partial charge in [-0.2, -0.15) is 0 Å². The fraction of sp³-hybridized carbons (Fsp3) is 0.667. The van der Waals surface area contributed by atoms with Crippen molar-refractivity contribution in [3.05, 3.63) is 11.3 Å². The van der Waals surface area contributed by atoms with Gasteiger partial charge in [0.2, 0.25) is 0 Å². The van der Waals surface area contributed by atoms with E-state index in [1.165, 1.54) is 6.21 Å². The summed E-state index contributed by atoms with van der Waals surface area (Å²) in [6, 6.07) is -0.877. The minimum atomic E-state index is -1.02. The highest BCUT2D eigenvalue weighted by Crippen LogP contribution is 2.35. The molecule has 1 rings (SSSR count). The number of carboxylic acid groups (broad SMARTS) is 1. The smallest absolute Gasteiger partial charge is 0.328 e. The van der Waals surface area contributed by atoms with E-state index < -0.39 is 12.0 Å². The molecule has 0 bridgehead atoms. The molecule has 0 aromatic rings. The molecule has 0 saturated carbocycles. The zero-order chi connectivity index (χ0) is 15.5. The molecule has 0 fully saturated rings. The summed E-state index contributed by atoms with van der Waals surface area (Å²) >= 11 is 0. The molecule has 2 N–H and O–H groups in total. The molecule has 1 aliphatic rings. The van der Waals surface area contributed by atoms with Gasteiger partial charge in [-0.3, -0.25) is 9.79 Å². The van der Waals surface area contributed by atoms with Gasteiger partial charge in [0, 0.05) is 19.1 Å². The van der Waals surface area contributed by atoms with Crippen LogP contribution in [0.1, 0.15) is 47.0 Å². The Balaban J connectivity index is 2.92. The molecule has 0 aliphatic heterocycles. The number of aliphatic imine (C=N–C) groups is 1. The molecule has 5 heteroatoms. The average molecular weight is 281 g/mol. The summed E-state index contributed by atoms with van der Waals surface area (Å²) in [5, 5.41) is 19.0. The molecule has 1 aliphatic carbocycles. The maximum absolute atomic E-state index is 12.0. The third-order valence-electron chi connectivity index (χ3n) is 3.26. The van der Waals surface area contributed by atoms with Crippen molar-refractivity contribution in [3.8, 4) is 0 Å². The van der Waals surface area contributed by atoms with Gasteiger partial charge in [0.05, 0.1) is 5.57 Å². The van der Waals surface area contributed by atoms with Gasteiger partial charge in [0.25, 0.3) is 0 Å². The van der Waals surface area contributed by atoms with E-state index in [1.807, 2.05) is 27.7 Å². The van der Waals surface area contributed by atoms with Gasteiger partial charge in [0.1, 0.15) is 11.8 Å². The SMILES string of the molecule is CC(C)CC(N=CC1=C(O)CC(C)(C)CC1=O)C(=O)O. The Kier molecular flexibility index (Phi) is 5.09. The minimum absolute atomic E-state index is 0.00341. The van der Waals surface area contributed by atoms with Gasteiger partial charge < -0.3 is 10.2 Å². The third kappa shape index (κ3) is 4.47. The lowest BCUT2D eigenvalue weighted by molar-refractivity contribution is -0.138. The Morgan fingerprint density at radius 1 is 1.40 bits per heavy atom. The Labute approximate surface area is 119 Å². The van der Waals surface area contributed by atoms with Crippen molar-refractivity contribution in [2.75, 3.05) is 0 Å². The summed E-state index contributed by atoms with van der Waals surface area (Å²) in [7, 11) is 0. The number of hydrogen-bond donors (Lipinski definition) is 2. The Morgan fingerprint density at radius 2 is 2.00 bits per heavy atom. The number of carbonyl (C=O) groups excluding carboxylic acids is 1. The van der Waals surface area contributed by atoms with Crippen LogP contribution >= 0.6 is 0 Å². The summed E-state index contributed by atoms with van der Waals surface area (Å²) in [5.74, 6) is -1.00. The first-order valence-electron chi connectivity index (χ1n) is 6.83. The Morgan fingerprint density at radius 3 is 2.45 bits per heavy atom. The second-order valence-electron chi connectivity index (χ2n) is 6.56. The number of aliphatic hydroxyl groups excluding tert-OH is 1. The van der Waals surface area contributed by atoms with Crippen LogP contribution in [-0.4, -0.2) is 34.2 Å². The highest BCUT2D eigenvalue weighted by molar-refractivity contribution is 6.14. The van der Waals surface area contributed by atoms with Crippen molar-refractivity contribution in [1.82, 2.24) is 0 Å². The number of hydrogen-bond acceptors (Lipinski definition) is 4. The normalized spacial score (nSPS) is 20.8. The van der Waals surface area contributed by atoms with Crippen molar-refractivity contribution < 1.29 is 19.8 Å². The summed E-state index contributed by atoms with van der Waals surface area (Å²) in [6.45, 7) is 7.65. The van der Waals surface area contributed by atoms with Gasteiger partial charge in [-0.15, -0.1) is 0 Å². The summed E-state index contributed by atoms with van der Waals surface area (Å²) in [4.78, 5) is 27.0. The van der Waals surface area contributed by atoms with Crippen molar-refractivity contribution in [1.29, 1.82) is 0 Å². The molecule has 0 saturated heterocycles. The maximum Gasteiger partial charge on any atom is 0.328 e. The van der Waals surface area contributed by atoms with E-state index in [-0.39, 0.29) is 28.4 Å². The van der Waals surface area contributed by atoms with Gasteiger partial charge in [0.15, 0.2) is 5.78 Å². The van der Waals surface area contributed by atoms with Crippen LogP contribution in [0.5, 0.6) is 0 Å². The predicted molar refractivity (Wildman–Crippen MR) is 77.0 cm³/mol. The quantitative estimate of drug-likeness (QED) is 0.758. The molecular formula is C15H23NO4. The highest BCUT2D eigenvalue weighted by Gasteiger charge is 2.32. The van der Waals surface area contributed by atoms with Crippen LogP contribution in [0.4, 0.5) is 0 Å². The molecule has 5 nitrogen and oxygen atoms in total. The average Bonchev–Trinajstić information content (AvgIpc) is 2.23. The standard InChI is InChI=1S/C15H23NO4/c1-9(2)5-11(14(19)20)16-8-10-12(17)6-15(3,4)7-13(10)18/h8-9,11,17H,5-7H2,1-4H3,(H,19,20). The Bertz CT molecular complexity index is 460. The van der Waals surface area contributed by atoms with E-state index in [4.69, 9.17) is 5.11 Å². The van der Waals surface area contributed by atoms with E-state index in [2.05, 4.69) is 4.99 Å². The van der Waals surface area contributed by atoms with E-state index in [0.29, 0.717) is 19.3 Å². The fourth-order valence-electron chi connectivity index (χ4n) is 2.28. The zero-order valence-electron chi connectivity index (χ0n) is 12.5. The monoisotopic (exact) mass is 281 g/mol. The number of ketones is 1. The van der Waals surface area contributed by atoms with Crippen LogP contribution in [0.15, 0.2) is 16.3 Å². The van der Waals surface area contributed by atoms with Crippen LogP contribution < -0.4 is 0 Å². The lowest BCUT2D eigenvalue weighted by Gasteiger charge is -2.28. The number of carbonyl (C=O) groups is 2. The van der Waals surface area contributed by atoms with Crippen molar-refractivity contribution >= 4 is 18.0 Å². The molecule has 1 atom stereocenters. The number of aliphatic hydroxyl groups is 1.